The Balaban J connectivity index is 0. The number of hydrogen-bond donors (Lipinski definition) is 2. The fraction of sp³-hybridized carbons (Fsp3) is 1.00. The van der Waals surface area contributed by atoms with Gasteiger partial charge in [-0.3, -0.25) is 0 Å². The van der Waals surface area contributed by atoms with Crippen LogP contribution in [0.4, 0.5) is 0 Å². The van der Waals surface area contributed by atoms with Gasteiger partial charge in [0.1, 0.15) is 0 Å². The van der Waals surface area contributed by atoms with Gasteiger partial charge in [-0.1, -0.05) is 19.8 Å². The number of ether oxygens (including phenoxy) is 1. The molecule has 0 aromatic rings. The van der Waals surface area contributed by atoms with Crippen molar-refractivity contribution in [3.05, 3.63) is 0 Å². The molecule has 0 spiro atoms. The van der Waals surface area contributed by atoms with Crippen LogP contribution in [0, 0.1) is 0 Å². The zero-order valence-electron chi connectivity index (χ0n) is 8.42. The highest BCUT2D eigenvalue weighted by molar-refractivity contribution is 4.36. The van der Waals surface area contributed by atoms with E-state index in [2.05, 4.69) is 11.7 Å². The molecule has 0 aliphatic carbocycles. The first-order chi connectivity index (χ1) is 5.68. The lowest BCUT2D eigenvalue weighted by Gasteiger charge is -1.97. The molecule has 0 rings (SSSR count). The van der Waals surface area contributed by atoms with E-state index in [9.17, 15) is 0 Å². The molecule has 3 nitrogen and oxygen atoms in total. The van der Waals surface area contributed by atoms with Gasteiger partial charge in [-0.15, -0.1) is 0 Å². The molecule has 0 amide bonds. The summed E-state index contributed by atoms with van der Waals surface area (Å²) >= 11 is 0. The fourth-order valence-electron chi connectivity index (χ4n) is 0.603. The summed E-state index contributed by atoms with van der Waals surface area (Å²) in [5.74, 6) is 0. The van der Waals surface area contributed by atoms with Crippen molar-refractivity contribution in [2.75, 3.05) is 20.3 Å². The van der Waals surface area contributed by atoms with Gasteiger partial charge in [0.2, 0.25) is 0 Å². The summed E-state index contributed by atoms with van der Waals surface area (Å²) in [5, 5.41) is 16.6. The molecule has 0 bridgehead atoms. The molecular formula is C9H22O3. The minimum absolute atomic E-state index is 0.324. The molecule has 0 heterocycles. The molecule has 0 aromatic heterocycles. The number of aliphatic hydroxyl groups is 2. The first kappa shape index (κ1) is 14.4. The van der Waals surface area contributed by atoms with E-state index in [0.29, 0.717) is 13.2 Å². The monoisotopic (exact) mass is 178 g/mol. The maximum absolute atomic E-state index is 8.43. The molecule has 12 heavy (non-hydrogen) atoms. The van der Waals surface area contributed by atoms with Crippen molar-refractivity contribution >= 4 is 0 Å². The summed E-state index contributed by atoms with van der Waals surface area (Å²) in [7, 11) is 1.56. The molecule has 0 radical (unpaired) electrons. The molecule has 0 aliphatic rings. The van der Waals surface area contributed by atoms with E-state index in [1.54, 1.807) is 14.0 Å². The largest absolute Gasteiger partial charge is 0.396 e. The zero-order chi connectivity index (χ0) is 9.82. The smallest absolute Gasteiger partial charge is 0.0745 e. The first-order valence-electron chi connectivity index (χ1n) is 4.46. The third kappa shape index (κ3) is 22.5. The fourth-order valence-corrected chi connectivity index (χ4v) is 0.603. The maximum atomic E-state index is 8.43. The summed E-state index contributed by atoms with van der Waals surface area (Å²) in [4.78, 5) is 0. The minimum atomic E-state index is -0.324. The van der Waals surface area contributed by atoms with E-state index in [0.717, 1.165) is 12.8 Å². The van der Waals surface area contributed by atoms with Gasteiger partial charge in [0.15, 0.2) is 0 Å². The van der Waals surface area contributed by atoms with Gasteiger partial charge in [-0.25, -0.2) is 0 Å². The molecular weight excluding hydrogens is 156 g/mol. The second-order valence-electron chi connectivity index (χ2n) is 2.74. The lowest BCUT2D eigenvalue weighted by atomic mass is 10.3. The number of hydrogen-bond acceptors (Lipinski definition) is 3. The Kier molecular flexibility index (Phi) is 16.2. The Morgan fingerprint density at radius 1 is 1.33 bits per heavy atom. The quantitative estimate of drug-likeness (QED) is 0.622. The molecule has 2 N–H and O–H groups in total. The molecule has 0 saturated carbocycles. The topological polar surface area (TPSA) is 49.7 Å². The van der Waals surface area contributed by atoms with Crippen molar-refractivity contribution in [2.45, 2.75) is 39.2 Å². The second-order valence-corrected chi connectivity index (χ2v) is 2.74. The van der Waals surface area contributed by atoms with Crippen LogP contribution in [0.5, 0.6) is 0 Å². The Labute approximate surface area is 75.4 Å². The van der Waals surface area contributed by atoms with E-state index in [1.165, 1.54) is 6.42 Å². The molecule has 0 saturated heterocycles. The van der Waals surface area contributed by atoms with E-state index < -0.39 is 0 Å². The summed E-state index contributed by atoms with van der Waals surface area (Å²) in [6.45, 7) is 4.59. The van der Waals surface area contributed by atoms with Crippen LogP contribution in [0.3, 0.4) is 0 Å². The molecule has 1 atom stereocenters. The maximum Gasteiger partial charge on any atom is 0.0745 e. The summed E-state index contributed by atoms with van der Waals surface area (Å²) in [6.07, 6.45) is 3.00. The minimum Gasteiger partial charge on any atom is -0.396 e. The van der Waals surface area contributed by atoms with Crippen molar-refractivity contribution in [3.8, 4) is 0 Å². The molecule has 76 valence electrons. The van der Waals surface area contributed by atoms with Crippen LogP contribution < -0.4 is 0 Å². The average Bonchev–Trinajstić information content (AvgIpc) is 2.02. The number of unbranched alkanes of at least 4 members (excludes halogenated alkanes) is 2. The number of methoxy groups -OCH3 is 1. The Hall–Kier alpha value is -0.120. The average molecular weight is 178 g/mol. The highest BCUT2D eigenvalue weighted by Crippen LogP contribution is 1.89. The summed E-state index contributed by atoms with van der Waals surface area (Å²) in [5.41, 5.74) is 0. The van der Waals surface area contributed by atoms with Gasteiger partial charge < -0.3 is 14.9 Å². The van der Waals surface area contributed by atoms with E-state index in [-0.39, 0.29) is 6.10 Å². The molecule has 0 aromatic carbocycles. The lowest BCUT2D eigenvalue weighted by molar-refractivity contribution is 0.0765. The highest BCUT2D eigenvalue weighted by Gasteiger charge is 1.87. The Morgan fingerprint density at radius 3 is 2.00 bits per heavy atom. The normalized spacial score (nSPS) is 11.8. The van der Waals surface area contributed by atoms with Crippen molar-refractivity contribution in [1.29, 1.82) is 0 Å². The van der Waals surface area contributed by atoms with E-state index in [1.807, 2.05) is 0 Å². The zero-order valence-corrected chi connectivity index (χ0v) is 8.42. The first-order valence-corrected chi connectivity index (χ1v) is 4.46. The second kappa shape index (κ2) is 13.5. The van der Waals surface area contributed by atoms with Crippen molar-refractivity contribution in [3.63, 3.8) is 0 Å². The van der Waals surface area contributed by atoms with E-state index >= 15 is 0 Å². The van der Waals surface area contributed by atoms with Gasteiger partial charge in [0, 0.05) is 13.7 Å². The molecule has 0 aliphatic heterocycles. The Bertz CT molecular complexity index is 60.8. The third-order valence-electron chi connectivity index (χ3n) is 1.17. The predicted molar refractivity (Wildman–Crippen MR) is 50.2 cm³/mol. The van der Waals surface area contributed by atoms with Gasteiger partial charge >= 0.3 is 0 Å². The van der Waals surface area contributed by atoms with Gasteiger partial charge in [0.05, 0.1) is 12.7 Å². The van der Waals surface area contributed by atoms with Crippen LogP contribution in [0.2, 0.25) is 0 Å². The van der Waals surface area contributed by atoms with Crippen LogP contribution in [-0.2, 0) is 4.74 Å². The van der Waals surface area contributed by atoms with Crippen LogP contribution in [-0.4, -0.2) is 36.6 Å². The SMILES string of the molecule is CCCCCO.COCC(C)O. The van der Waals surface area contributed by atoms with Gasteiger partial charge in [0.25, 0.3) is 0 Å². The molecule has 3 heteroatoms. The van der Waals surface area contributed by atoms with Crippen molar-refractivity contribution in [1.82, 2.24) is 0 Å². The van der Waals surface area contributed by atoms with Gasteiger partial charge in [-0.05, 0) is 13.3 Å². The number of aliphatic hydroxyl groups excluding tert-OH is 2. The van der Waals surface area contributed by atoms with Crippen LogP contribution in [0.25, 0.3) is 0 Å². The van der Waals surface area contributed by atoms with Crippen molar-refractivity contribution in [2.24, 2.45) is 0 Å². The standard InChI is InChI=1S/C5H12O.C4H10O2/c1-2-3-4-5-6;1-4(5)3-6-2/h6H,2-5H2,1H3;4-5H,3H2,1-2H3. The lowest BCUT2D eigenvalue weighted by Crippen LogP contribution is -2.07. The summed E-state index contributed by atoms with van der Waals surface area (Å²) < 4.78 is 4.55. The predicted octanol–water partition coefficient (Wildman–Crippen LogP) is 1.18. The molecule has 0 fully saturated rings. The van der Waals surface area contributed by atoms with Crippen LogP contribution in [0.15, 0.2) is 0 Å². The van der Waals surface area contributed by atoms with Crippen molar-refractivity contribution < 1.29 is 14.9 Å². The summed E-state index contributed by atoms with van der Waals surface area (Å²) in [6, 6.07) is 0. The number of rotatable bonds is 5. The van der Waals surface area contributed by atoms with Crippen LogP contribution >= 0.6 is 0 Å². The van der Waals surface area contributed by atoms with Crippen LogP contribution in [0.1, 0.15) is 33.1 Å². The highest BCUT2D eigenvalue weighted by atomic mass is 16.5. The van der Waals surface area contributed by atoms with Gasteiger partial charge in [-0.2, -0.15) is 0 Å². The molecule has 1 unspecified atom stereocenters. The van der Waals surface area contributed by atoms with E-state index in [4.69, 9.17) is 10.2 Å². The third-order valence-corrected chi connectivity index (χ3v) is 1.17. The Morgan fingerprint density at radius 2 is 1.92 bits per heavy atom.